The highest BCUT2D eigenvalue weighted by atomic mass is 127. The molecule has 0 saturated carbocycles. The number of fused-ring (bicyclic) bond motifs is 1. The largest absolute Gasteiger partial charge is 0.341 e. The molecule has 2 heterocycles. The zero-order valence-electron chi connectivity index (χ0n) is 10.1. The van der Waals surface area contributed by atoms with Gasteiger partial charge in [-0.15, -0.1) is 0 Å². The Kier molecular flexibility index (Phi) is 3.07. The van der Waals surface area contributed by atoms with Crippen LogP contribution >= 0.6 is 22.6 Å². The number of aromatic nitrogens is 2. The smallest absolute Gasteiger partial charge is 0.0680 e. The quantitative estimate of drug-likeness (QED) is 0.640. The third-order valence-corrected chi connectivity index (χ3v) is 3.97. The minimum Gasteiger partial charge on any atom is -0.341 e. The molecule has 0 atom stereocenters. The van der Waals surface area contributed by atoms with E-state index in [1.165, 1.54) is 25.6 Å². The van der Waals surface area contributed by atoms with Gasteiger partial charge in [0.05, 0.1) is 11.7 Å². The van der Waals surface area contributed by atoms with E-state index in [9.17, 15) is 0 Å². The van der Waals surface area contributed by atoms with Crippen molar-refractivity contribution < 1.29 is 0 Å². The molecular weight excluding hydrogens is 335 g/mol. The Morgan fingerprint density at radius 1 is 1.17 bits per heavy atom. The Morgan fingerprint density at radius 3 is 2.72 bits per heavy atom. The van der Waals surface area contributed by atoms with Crippen LogP contribution in [0.5, 0.6) is 0 Å². The lowest BCUT2D eigenvalue weighted by atomic mass is 10.1. The first-order valence-electron chi connectivity index (χ1n) is 5.88. The van der Waals surface area contributed by atoms with Crippen molar-refractivity contribution in [1.82, 2.24) is 9.55 Å². The van der Waals surface area contributed by atoms with E-state index < -0.39 is 0 Å². The molecule has 0 radical (unpaired) electrons. The van der Waals surface area contributed by atoms with Gasteiger partial charge in [-0.3, -0.25) is 4.98 Å². The molecule has 3 heteroatoms. The molecule has 1 aromatic carbocycles. The monoisotopic (exact) mass is 348 g/mol. The molecular formula is C15H13IN2. The molecule has 0 saturated heterocycles. The summed E-state index contributed by atoms with van der Waals surface area (Å²) in [4.78, 5) is 4.22. The first-order valence-corrected chi connectivity index (χ1v) is 6.96. The number of hydrogen-bond acceptors (Lipinski definition) is 1. The van der Waals surface area contributed by atoms with Crippen molar-refractivity contribution >= 4 is 33.5 Å². The Labute approximate surface area is 120 Å². The van der Waals surface area contributed by atoms with Crippen LogP contribution in [0, 0.1) is 10.5 Å². The van der Waals surface area contributed by atoms with E-state index in [-0.39, 0.29) is 0 Å². The SMILES string of the molecule is Cc1ccc(Cn2cc(I)c3ccncc32)cc1. The van der Waals surface area contributed by atoms with Gasteiger partial charge >= 0.3 is 0 Å². The summed E-state index contributed by atoms with van der Waals surface area (Å²) >= 11 is 2.38. The van der Waals surface area contributed by atoms with Crippen molar-refractivity contribution in [2.45, 2.75) is 13.5 Å². The van der Waals surface area contributed by atoms with Crippen molar-refractivity contribution in [3.63, 3.8) is 0 Å². The number of halogens is 1. The molecule has 0 aliphatic heterocycles. The normalized spacial score (nSPS) is 11.0. The maximum absolute atomic E-state index is 4.22. The van der Waals surface area contributed by atoms with Gasteiger partial charge in [-0.1, -0.05) is 29.8 Å². The summed E-state index contributed by atoms with van der Waals surface area (Å²) in [5, 5.41) is 1.28. The second kappa shape index (κ2) is 4.72. The molecule has 0 aliphatic carbocycles. The topological polar surface area (TPSA) is 17.8 Å². The fourth-order valence-electron chi connectivity index (χ4n) is 2.11. The van der Waals surface area contributed by atoms with Gasteiger partial charge in [0.15, 0.2) is 0 Å². The average Bonchev–Trinajstić information content (AvgIpc) is 2.70. The average molecular weight is 348 g/mol. The van der Waals surface area contributed by atoms with Crippen LogP contribution < -0.4 is 0 Å². The Bertz CT molecular complexity index is 683. The second-order valence-electron chi connectivity index (χ2n) is 4.48. The standard InChI is InChI=1S/C15H13IN2/c1-11-2-4-12(5-3-11)9-18-10-14(16)13-6-7-17-8-15(13)18/h2-8,10H,9H2,1H3. The molecule has 0 spiro atoms. The summed E-state index contributed by atoms with van der Waals surface area (Å²) in [5.74, 6) is 0. The van der Waals surface area contributed by atoms with Crippen molar-refractivity contribution in [3.8, 4) is 0 Å². The highest BCUT2D eigenvalue weighted by Gasteiger charge is 2.06. The molecule has 0 aliphatic rings. The van der Waals surface area contributed by atoms with E-state index in [0.717, 1.165) is 6.54 Å². The van der Waals surface area contributed by atoms with Crippen molar-refractivity contribution in [1.29, 1.82) is 0 Å². The van der Waals surface area contributed by atoms with Gasteiger partial charge in [0.25, 0.3) is 0 Å². The Morgan fingerprint density at radius 2 is 1.94 bits per heavy atom. The first kappa shape index (κ1) is 11.7. The molecule has 0 N–H and O–H groups in total. The van der Waals surface area contributed by atoms with Gasteiger partial charge in [0.1, 0.15) is 0 Å². The number of benzene rings is 1. The molecule has 0 unspecified atom stereocenters. The van der Waals surface area contributed by atoms with Crippen molar-refractivity contribution in [3.05, 3.63) is 63.6 Å². The van der Waals surface area contributed by atoms with Crippen molar-refractivity contribution in [2.75, 3.05) is 0 Å². The lowest BCUT2D eigenvalue weighted by molar-refractivity contribution is 0.833. The van der Waals surface area contributed by atoms with Gasteiger partial charge in [0.2, 0.25) is 0 Å². The van der Waals surface area contributed by atoms with Crippen LogP contribution in [0.2, 0.25) is 0 Å². The minimum atomic E-state index is 0.894. The molecule has 18 heavy (non-hydrogen) atoms. The fourth-order valence-corrected chi connectivity index (χ4v) is 2.91. The van der Waals surface area contributed by atoms with E-state index in [1.807, 2.05) is 12.4 Å². The summed E-state index contributed by atoms with van der Waals surface area (Å²) in [6, 6.07) is 10.8. The number of pyridine rings is 1. The van der Waals surface area contributed by atoms with Crippen LogP contribution in [-0.2, 0) is 6.54 Å². The zero-order chi connectivity index (χ0) is 12.5. The van der Waals surface area contributed by atoms with Crippen LogP contribution in [0.4, 0.5) is 0 Å². The molecule has 2 aromatic heterocycles. The molecule has 3 aromatic rings. The second-order valence-corrected chi connectivity index (χ2v) is 5.65. The Hall–Kier alpha value is -1.36. The summed E-state index contributed by atoms with van der Waals surface area (Å²) in [5.41, 5.74) is 3.81. The lowest BCUT2D eigenvalue weighted by Crippen LogP contribution is -1.97. The van der Waals surface area contributed by atoms with Gasteiger partial charge < -0.3 is 4.57 Å². The van der Waals surface area contributed by atoms with Gasteiger partial charge in [0, 0.05) is 27.9 Å². The summed E-state index contributed by atoms with van der Waals surface area (Å²) in [6.45, 7) is 3.01. The zero-order valence-corrected chi connectivity index (χ0v) is 12.3. The molecule has 90 valence electrons. The maximum atomic E-state index is 4.22. The molecule has 2 nitrogen and oxygen atoms in total. The summed E-state index contributed by atoms with van der Waals surface area (Å²) < 4.78 is 3.53. The van der Waals surface area contributed by atoms with Crippen LogP contribution in [-0.4, -0.2) is 9.55 Å². The first-order chi connectivity index (χ1) is 8.74. The van der Waals surface area contributed by atoms with E-state index >= 15 is 0 Å². The third kappa shape index (κ3) is 2.14. The molecule has 3 rings (SSSR count). The van der Waals surface area contributed by atoms with Crippen LogP contribution in [0.25, 0.3) is 10.9 Å². The fraction of sp³-hybridized carbons (Fsp3) is 0.133. The number of hydrogen-bond donors (Lipinski definition) is 0. The minimum absolute atomic E-state index is 0.894. The van der Waals surface area contributed by atoms with E-state index in [0.29, 0.717) is 0 Å². The number of rotatable bonds is 2. The van der Waals surface area contributed by atoms with Gasteiger partial charge in [-0.05, 0) is 41.1 Å². The number of nitrogens with zero attached hydrogens (tertiary/aromatic N) is 2. The van der Waals surface area contributed by atoms with Crippen LogP contribution in [0.15, 0.2) is 48.9 Å². The predicted octanol–water partition coefficient (Wildman–Crippen LogP) is 4.00. The van der Waals surface area contributed by atoms with Crippen LogP contribution in [0.3, 0.4) is 0 Å². The van der Waals surface area contributed by atoms with Gasteiger partial charge in [-0.2, -0.15) is 0 Å². The van der Waals surface area contributed by atoms with E-state index in [1.54, 1.807) is 0 Å². The van der Waals surface area contributed by atoms with E-state index in [4.69, 9.17) is 0 Å². The predicted molar refractivity (Wildman–Crippen MR) is 82.7 cm³/mol. The molecule has 0 fully saturated rings. The van der Waals surface area contributed by atoms with Crippen molar-refractivity contribution in [2.24, 2.45) is 0 Å². The number of aryl methyl sites for hydroxylation is 1. The Balaban J connectivity index is 2.02. The third-order valence-electron chi connectivity index (χ3n) is 3.11. The van der Waals surface area contributed by atoms with E-state index in [2.05, 4.69) is 75.6 Å². The molecule has 0 amide bonds. The summed E-state index contributed by atoms with van der Waals surface area (Å²) in [6.07, 6.45) is 5.97. The maximum Gasteiger partial charge on any atom is 0.0680 e. The molecule has 0 bridgehead atoms. The lowest BCUT2D eigenvalue weighted by Gasteiger charge is -2.05. The highest BCUT2D eigenvalue weighted by molar-refractivity contribution is 14.1. The van der Waals surface area contributed by atoms with Crippen LogP contribution in [0.1, 0.15) is 11.1 Å². The highest BCUT2D eigenvalue weighted by Crippen LogP contribution is 2.22. The van der Waals surface area contributed by atoms with Gasteiger partial charge in [-0.25, -0.2) is 0 Å². The summed E-state index contributed by atoms with van der Waals surface area (Å²) in [7, 11) is 0.